The van der Waals surface area contributed by atoms with Gasteiger partial charge in [-0.2, -0.15) is 4.98 Å². The lowest BCUT2D eigenvalue weighted by Crippen LogP contribution is -2.43. The van der Waals surface area contributed by atoms with E-state index in [9.17, 15) is 0 Å². The van der Waals surface area contributed by atoms with Crippen LogP contribution < -0.4 is 5.32 Å². The largest absolute Gasteiger partial charge is 0.370 e. The number of hydrogen-bond acceptors (Lipinski definition) is 5. The molecule has 0 spiro atoms. The zero-order valence-corrected chi connectivity index (χ0v) is 13.1. The predicted octanol–water partition coefficient (Wildman–Crippen LogP) is 2.83. The van der Waals surface area contributed by atoms with E-state index in [4.69, 9.17) is 9.26 Å². The first-order valence-corrected chi connectivity index (χ1v) is 7.79. The summed E-state index contributed by atoms with van der Waals surface area (Å²) in [5, 5.41) is 7.64. The molecule has 1 N–H and O–H groups in total. The van der Waals surface area contributed by atoms with Crippen LogP contribution >= 0.6 is 0 Å². The summed E-state index contributed by atoms with van der Waals surface area (Å²) in [5.74, 6) is 1.80. The van der Waals surface area contributed by atoms with Crippen LogP contribution in [0, 0.1) is 5.92 Å². The fourth-order valence-corrected chi connectivity index (χ4v) is 2.91. The second-order valence-corrected chi connectivity index (χ2v) is 5.99. The van der Waals surface area contributed by atoms with Gasteiger partial charge in [-0.3, -0.25) is 0 Å². The molecule has 0 saturated carbocycles. The average Bonchev–Trinajstić information content (AvgIpc) is 2.95. The van der Waals surface area contributed by atoms with Crippen molar-refractivity contribution in [3.63, 3.8) is 0 Å². The van der Waals surface area contributed by atoms with E-state index >= 15 is 0 Å². The average molecular weight is 281 g/mol. The van der Waals surface area contributed by atoms with E-state index in [0.717, 1.165) is 38.2 Å². The maximum absolute atomic E-state index is 5.76. The van der Waals surface area contributed by atoms with Gasteiger partial charge in [0.25, 0.3) is 0 Å². The summed E-state index contributed by atoms with van der Waals surface area (Å²) in [4.78, 5) is 4.67. The van der Waals surface area contributed by atoms with Gasteiger partial charge in [0.2, 0.25) is 11.7 Å². The highest BCUT2D eigenvalue weighted by molar-refractivity contribution is 5.09. The Kier molecular flexibility index (Phi) is 5.16. The van der Waals surface area contributed by atoms with Crippen molar-refractivity contribution < 1.29 is 9.26 Å². The molecule has 2 atom stereocenters. The van der Waals surface area contributed by atoms with Crippen molar-refractivity contribution in [2.24, 2.45) is 5.92 Å². The minimum Gasteiger partial charge on any atom is -0.370 e. The molecule has 1 aromatic heterocycles. The molecule has 1 aliphatic heterocycles. The number of piperidine rings is 1. The molecule has 5 nitrogen and oxygen atoms in total. The lowest BCUT2D eigenvalue weighted by Gasteiger charge is -2.33. The van der Waals surface area contributed by atoms with Crippen LogP contribution in [0.15, 0.2) is 4.52 Å². The van der Waals surface area contributed by atoms with Gasteiger partial charge >= 0.3 is 0 Å². The summed E-state index contributed by atoms with van der Waals surface area (Å²) in [6.45, 7) is 11.1. The first kappa shape index (κ1) is 15.4. The summed E-state index contributed by atoms with van der Waals surface area (Å²) in [6.07, 6.45) is 3.20. The summed E-state index contributed by atoms with van der Waals surface area (Å²) >= 11 is 0. The van der Waals surface area contributed by atoms with Crippen LogP contribution in [0.4, 0.5) is 0 Å². The first-order chi connectivity index (χ1) is 9.63. The Bertz CT molecular complexity index is 411. The van der Waals surface area contributed by atoms with Crippen LogP contribution in [0.25, 0.3) is 0 Å². The van der Waals surface area contributed by atoms with E-state index in [0.29, 0.717) is 18.3 Å². The van der Waals surface area contributed by atoms with Gasteiger partial charge in [0, 0.05) is 13.2 Å². The van der Waals surface area contributed by atoms with Gasteiger partial charge in [0.05, 0.1) is 5.41 Å². The van der Waals surface area contributed by atoms with Gasteiger partial charge in [-0.05, 0) is 38.6 Å². The molecule has 0 radical (unpaired) electrons. The maximum atomic E-state index is 5.76. The molecule has 1 aliphatic rings. The molecular weight excluding hydrogens is 254 g/mol. The van der Waals surface area contributed by atoms with Gasteiger partial charge in [0.15, 0.2) is 0 Å². The Balaban J connectivity index is 2.22. The molecule has 0 amide bonds. The van der Waals surface area contributed by atoms with Crippen molar-refractivity contribution in [1.29, 1.82) is 0 Å². The van der Waals surface area contributed by atoms with E-state index in [-0.39, 0.29) is 11.5 Å². The molecule has 1 fully saturated rings. The number of nitrogens with zero attached hydrogens (tertiary/aromatic N) is 2. The van der Waals surface area contributed by atoms with Crippen LogP contribution in [0.2, 0.25) is 0 Å². The summed E-state index contributed by atoms with van der Waals surface area (Å²) < 4.78 is 11.4. The molecular formula is C15H27N3O2. The SMILES string of the molecule is CCOC(c1noc(C2(CC)CCCNC2)n1)C(C)C. The number of rotatable bonds is 6. The Hall–Kier alpha value is -0.940. The monoisotopic (exact) mass is 281 g/mol. The van der Waals surface area contributed by atoms with E-state index in [1.807, 2.05) is 6.92 Å². The van der Waals surface area contributed by atoms with Crippen molar-refractivity contribution in [3.8, 4) is 0 Å². The number of aromatic nitrogens is 2. The van der Waals surface area contributed by atoms with Crippen LogP contribution in [-0.4, -0.2) is 29.8 Å². The van der Waals surface area contributed by atoms with Crippen molar-refractivity contribution in [2.75, 3.05) is 19.7 Å². The molecule has 0 bridgehead atoms. The summed E-state index contributed by atoms with van der Waals surface area (Å²) in [5.41, 5.74) is -0.00273. The van der Waals surface area contributed by atoms with E-state index in [2.05, 4.69) is 36.2 Å². The van der Waals surface area contributed by atoms with Crippen molar-refractivity contribution in [2.45, 2.75) is 58.5 Å². The van der Waals surface area contributed by atoms with Crippen LogP contribution in [0.5, 0.6) is 0 Å². The van der Waals surface area contributed by atoms with Gasteiger partial charge in [-0.1, -0.05) is 25.9 Å². The normalized spacial score (nSPS) is 25.1. The minimum atomic E-state index is -0.0806. The van der Waals surface area contributed by atoms with Gasteiger partial charge in [0.1, 0.15) is 6.10 Å². The molecule has 114 valence electrons. The lowest BCUT2D eigenvalue weighted by atomic mass is 9.78. The highest BCUT2D eigenvalue weighted by atomic mass is 16.5. The second-order valence-electron chi connectivity index (χ2n) is 5.99. The molecule has 1 aromatic rings. The summed E-state index contributed by atoms with van der Waals surface area (Å²) in [7, 11) is 0. The maximum Gasteiger partial charge on any atom is 0.234 e. The number of hydrogen-bond donors (Lipinski definition) is 1. The number of ether oxygens (including phenoxy) is 1. The predicted molar refractivity (Wildman–Crippen MR) is 77.6 cm³/mol. The quantitative estimate of drug-likeness (QED) is 0.869. The Morgan fingerprint density at radius 3 is 2.75 bits per heavy atom. The van der Waals surface area contributed by atoms with Gasteiger partial charge in [-0.15, -0.1) is 0 Å². The molecule has 2 heterocycles. The van der Waals surface area contributed by atoms with Crippen molar-refractivity contribution >= 4 is 0 Å². The Morgan fingerprint density at radius 1 is 1.40 bits per heavy atom. The van der Waals surface area contributed by atoms with Crippen molar-refractivity contribution in [1.82, 2.24) is 15.5 Å². The standard InChI is InChI=1S/C15H27N3O2/c1-5-15(8-7-9-16-10-15)14-17-13(18-20-14)12(11(3)4)19-6-2/h11-12,16H,5-10H2,1-4H3. The third-order valence-electron chi connectivity index (χ3n) is 4.25. The smallest absolute Gasteiger partial charge is 0.234 e. The van der Waals surface area contributed by atoms with E-state index in [1.165, 1.54) is 0 Å². The topological polar surface area (TPSA) is 60.2 Å². The zero-order valence-electron chi connectivity index (χ0n) is 13.1. The van der Waals surface area contributed by atoms with Crippen LogP contribution in [-0.2, 0) is 10.2 Å². The minimum absolute atomic E-state index is 0.00273. The van der Waals surface area contributed by atoms with E-state index in [1.54, 1.807) is 0 Å². The fourth-order valence-electron chi connectivity index (χ4n) is 2.91. The van der Waals surface area contributed by atoms with Gasteiger partial charge < -0.3 is 14.6 Å². The second kappa shape index (κ2) is 6.68. The molecule has 0 aliphatic carbocycles. The first-order valence-electron chi connectivity index (χ1n) is 7.79. The molecule has 20 heavy (non-hydrogen) atoms. The lowest BCUT2D eigenvalue weighted by molar-refractivity contribution is 0.0217. The molecule has 2 unspecified atom stereocenters. The molecule has 0 aromatic carbocycles. The third kappa shape index (κ3) is 3.04. The van der Waals surface area contributed by atoms with Crippen molar-refractivity contribution in [3.05, 3.63) is 11.7 Å². The Morgan fingerprint density at radius 2 is 2.20 bits per heavy atom. The molecule has 5 heteroatoms. The highest BCUT2D eigenvalue weighted by Gasteiger charge is 2.38. The van der Waals surface area contributed by atoms with E-state index < -0.39 is 0 Å². The number of nitrogens with one attached hydrogen (secondary N) is 1. The zero-order chi connectivity index (χ0) is 14.6. The summed E-state index contributed by atoms with van der Waals surface area (Å²) in [6, 6.07) is 0. The molecule has 2 rings (SSSR count). The third-order valence-corrected chi connectivity index (χ3v) is 4.25. The molecule has 1 saturated heterocycles. The van der Waals surface area contributed by atoms with Gasteiger partial charge in [-0.25, -0.2) is 0 Å². The fraction of sp³-hybridized carbons (Fsp3) is 0.867. The Labute approximate surface area is 121 Å². The van der Waals surface area contributed by atoms with Crippen LogP contribution in [0.1, 0.15) is 64.8 Å². The van der Waals surface area contributed by atoms with Crippen LogP contribution in [0.3, 0.4) is 0 Å². The highest BCUT2D eigenvalue weighted by Crippen LogP contribution is 2.34.